The van der Waals surface area contributed by atoms with Gasteiger partial charge >= 0.3 is 0 Å². The molecule has 1 amide bonds. The largest absolute Gasteiger partial charge is 0.501 e. The van der Waals surface area contributed by atoms with Gasteiger partial charge in [0.2, 0.25) is 5.75 Å². The molecule has 7 heteroatoms. The van der Waals surface area contributed by atoms with Crippen molar-refractivity contribution in [2.24, 2.45) is 0 Å². The molecule has 0 spiro atoms. The normalized spacial score (nSPS) is 10.7. The topological polar surface area (TPSA) is 95.1 Å². The van der Waals surface area contributed by atoms with E-state index in [2.05, 4.69) is 31.2 Å². The Morgan fingerprint density at radius 3 is 2.82 bits per heavy atom. The molecule has 1 heterocycles. The number of amides is 1. The van der Waals surface area contributed by atoms with Gasteiger partial charge < -0.3 is 15.4 Å². The maximum Gasteiger partial charge on any atom is 0.293 e. The van der Waals surface area contributed by atoms with Crippen molar-refractivity contribution in [3.8, 4) is 5.75 Å². The van der Waals surface area contributed by atoms with Crippen molar-refractivity contribution in [2.75, 3.05) is 0 Å². The first-order chi connectivity index (χ1) is 10.4. The predicted molar refractivity (Wildman–Crippen MR) is 86.1 cm³/mol. The minimum Gasteiger partial charge on any atom is -0.501 e. The van der Waals surface area contributed by atoms with Crippen molar-refractivity contribution in [3.05, 3.63) is 56.2 Å². The molecule has 0 bridgehead atoms. The fourth-order valence-corrected chi connectivity index (χ4v) is 2.37. The van der Waals surface area contributed by atoms with Crippen LogP contribution in [0.5, 0.6) is 5.75 Å². The van der Waals surface area contributed by atoms with Gasteiger partial charge in [0.25, 0.3) is 11.5 Å². The van der Waals surface area contributed by atoms with Crippen molar-refractivity contribution in [2.45, 2.75) is 26.3 Å². The lowest BCUT2D eigenvalue weighted by molar-refractivity contribution is 0.0934. The minimum atomic E-state index is -0.728. The van der Waals surface area contributed by atoms with E-state index >= 15 is 0 Å². The first-order valence-electron chi connectivity index (χ1n) is 6.74. The molecule has 1 aromatic carbocycles. The zero-order valence-corrected chi connectivity index (χ0v) is 13.8. The number of halogens is 1. The smallest absolute Gasteiger partial charge is 0.293 e. The van der Waals surface area contributed by atoms with E-state index in [1.165, 1.54) is 0 Å². The molecule has 0 unspecified atom stereocenters. The van der Waals surface area contributed by atoms with Crippen LogP contribution in [0.25, 0.3) is 0 Å². The Hall–Kier alpha value is -2.15. The van der Waals surface area contributed by atoms with Crippen LogP contribution < -0.4 is 10.9 Å². The summed E-state index contributed by atoms with van der Waals surface area (Å²) in [7, 11) is 0. The number of hydrogen-bond donors (Lipinski definition) is 3. The lowest BCUT2D eigenvalue weighted by Crippen LogP contribution is -2.32. The zero-order chi connectivity index (χ0) is 16.3. The van der Waals surface area contributed by atoms with E-state index in [1.54, 1.807) is 13.8 Å². The van der Waals surface area contributed by atoms with E-state index in [0.29, 0.717) is 12.2 Å². The van der Waals surface area contributed by atoms with Gasteiger partial charge in [0.05, 0.1) is 0 Å². The summed E-state index contributed by atoms with van der Waals surface area (Å²) >= 11 is 3.37. The highest BCUT2D eigenvalue weighted by molar-refractivity contribution is 9.10. The molecule has 3 N–H and O–H groups in total. The number of H-pyrrole nitrogens is 1. The Balaban J connectivity index is 2.36. The van der Waals surface area contributed by atoms with E-state index in [1.807, 2.05) is 24.3 Å². The van der Waals surface area contributed by atoms with Gasteiger partial charge in [-0.1, -0.05) is 28.1 Å². The fourth-order valence-electron chi connectivity index (χ4n) is 1.93. The van der Waals surface area contributed by atoms with E-state index in [4.69, 9.17) is 0 Å². The molecular formula is C15H16BrN3O3. The van der Waals surface area contributed by atoms with Gasteiger partial charge in [-0.25, -0.2) is 4.98 Å². The summed E-state index contributed by atoms with van der Waals surface area (Å²) in [5.41, 5.74) is -0.0743. The highest BCUT2D eigenvalue weighted by Crippen LogP contribution is 2.15. The van der Waals surface area contributed by atoms with Gasteiger partial charge in [0.15, 0.2) is 5.69 Å². The summed E-state index contributed by atoms with van der Waals surface area (Å²) in [5.74, 6) is -0.931. The molecule has 0 aliphatic rings. The first kappa shape index (κ1) is 16.2. The molecule has 1 aromatic heterocycles. The second-order valence-corrected chi connectivity index (χ2v) is 6.06. The Bertz CT molecular complexity index is 756. The molecule has 0 saturated carbocycles. The van der Waals surface area contributed by atoms with Crippen LogP contribution in [-0.2, 0) is 6.42 Å². The molecule has 0 aliphatic heterocycles. The molecule has 0 atom stereocenters. The van der Waals surface area contributed by atoms with Crippen molar-refractivity contribution < 1.29 is 9.90 Å². The van der Waals surface area contributed by atoms with Crippen LogP contribution in [0.1, 0.15) is 35.7 Å². The molecule has 2 rings (SSSR count). The maximum absolute atomic E-state index is 12.0. The predicted octanol–water partition coefficient (Wildman–Crippen LogP) is 1.97. The van der Waals surface area contributed by atoms with Crippen molar-refractivity contribution in [1.82, 2.24) is 15.3 Å². The third-order valence-corrected chi connectivity index (χ3v) is 3.33. The summed E-state index contributed by atoms with van der Waals surface area (Å²) in [6.07, 6.45) is 0.344. The second-order valence-electron chi connectivity index (χ2n) is 5.14. The van der Waals surface area contributed by atoms with Crippen LogP contribution in [0.15, 0.2) is 33.5 Å². The van der Waals surface area contributed by atoms with Gasteiger partial charge in [0.1, 0.15) is 5.82 Å². The Kier molecular flexibility index (Phi) is 4.97. The SMILES string of the molecule is CC(C)NC(=O)c1nc(Cc2cccc(Br)c2)[nH]c(=O)c1O. The Morgan fingerprint density at radius 2 is 2.18 bits per heavy atom. The highest BCUT2D eigenvalue weighted by Gasteiger charge is 2.18. The minimum absolute atomic E-state index is 0.124. The van der Waals surface area contributed by atoms with Crippen LogP contribution >= 0.6 is 15.9 Å². The Morgan fingerprint density at radius 1 is 1.45 bits per heavy atom. The number of nitrogens with zero attached hydrogens (tertiary/aromatic N) is 1. The third-order valence-electron chi connectivity index (χ3n) is 2.84. The van der Waals surface area contributed by atoms with E-state index in [0.717, 1.165) is 10.0 Å². The summed E-state index contributed by atoms with van der Waals surface area (Å²) in [6, 6.07) is 7.40. The average Bonchev–Trinajstić information content (AvgIpc) is 2.41. The maximum atomic E-state index is 12.0. The Labute approximate surface area is 135 Å². The van der Waals surface area contributed by atoms with E-state index in [-0.39, 0.29) is 11.7 Å². The molecule has 22 heavy (non-hydrogen) atoms. The van der Waals surface area contributed by atoms with Gasteiger partial charge in [-0.2, -0.15) is 0 Å². The standard InChI is InChI=1S/C15H16BrN3O3/c1-8(2)17-14(21)12-13(20)15(22)19-11(18-12)7-9-4-3-5-10(16)6-9/h3-6,8,20H,7H2,1-2H3,(H,17,21)(H,18,19,22). The molecule has 0 aliphatic carbocycles. The number of carbonyl (C=O) groups is 1. The summed E-state index contributed by atoms with van der Waals surface area (Å²) in [4.78, 5) is 30.3. The van der Waals surface area contributed by atoms with Gasteiger partial charge in [-0.3, -0.25) is 9.59 Å². The lowest BCUT2D eigenvalue weighted by atomic mass is 10.1. The monoisotopic (exact) mass is 365 g/mol. The van der Waals surface area contributed by atoms with Crippen molar-refractivity contribution >= 4 is 21.8 Å². The van der Waals surface area contributed by atoms with Gasteiger partial charge in [-0.15, -0.1) is 0 Å². The molecule has 0 saturated heterocycles. The molecule has 2 aromatic rings. The number of hydrogen-bond acceptors (Lipinski definition) is 4. The van der Waals surface area contributed by atoms with Crippen molar-refractivity contribution in [1.29, 1.82) is 0 Å². The quantitative estimate of drug-likeness (QED) is 0.771. The molecule has 0 radical (unpaired) electrons. The van der Waals surface area contributed by atoms with Gasteiger partial charge in [0, 0.05) is 16.9 Å². The number of benzene rings is 1. The molecule has 6 nitrogen and oxygen atoms in total. The highest BCUT2D eigenvalue weighted by atomic mass is 79.9. The van der Waals surface area contributed by atoms with E-state index < -0.39 is 17.2 Å². The molecular weight excluding hydrogens is 350 g/mol. The number of rotatable bonds is 4. The van der Waals surface area contributed by atoms with Crippen LogP contribution in [0.2, 0.25) is 0 Å². The number of carbonyl (C=O) groups excluding carboxylic acids is 1. The third kappa shape index (κ3) is 3.94. The molecule has 116 valence electrons. The number of nitrogens with one attached hydrogen (secondary N) is 2. The summed E-state index contributed by atoms with van der Waals surface area (Å²) in [6.45, 7) is 3.56. The second kappa shape index (κ2) is 6.74. The average molecular weight is 366 g/mol. The van der Waals surface area contributed by atoms with Crippen LogP contribution in [-0.4, -0.2) is 27.0 Å². The first-order valence-corrected chi connectivity index (χ1v) is 7.53. The van der Waals surface area contributed by atoms with Crippen LogP contribution in [0.4, 0.5) is 0 Å². The summed E-state index contributed by atoms with van der Waals surface area (Å²) < 4.78 is 0.906. The number of aromatic nitrogens is 2. The van der Waals surface area contributed by atoms with Gasteiger partial charge in [-0.05, 0) is 31.5 Å². The summed E-state index contributed by atoms with van der Waals surface area (Å²) in [5, 5.41) is 12.3. The fraction of sp³-hybridized carbons (Fsp3) is 0.267. The number of aromatic hydroxyl groups is 1. The zero-order valence-electron chi connectivity index (χ0n) is 12.2. The lowest BCUT2D eigenvalue weighted by Gasteiger charge is -2.10. The van der Waals surface area contributed by atoms with Crippen LogP contribution in [0.3, 0.4) is 0 Å². The molecule has 0 fully saturated rings. The number of aromatic amines is 1. The van der Waals surface area contributed by atoms with Crippen molar-refractivity contribution in [3.63, 3.8) is 0 Å². The van der Waals surface area contributed by atoms with Crippen LogP contribution in [0, 0.1) is 0 Å². The van der Waals surface area contributed by atoms with E-state index in [9.17, 15) is 14.7 Å².